The van der Waals surface area contributed by atoms with Crippen LogP contribution in [0.25, 0.3) is 6.08 Å². The third-order valence-corrected chi connectivity index (χ3v) is 5.65. The fourth-order valence-corrected chi connectivity index (χ4v) is 3.78. The molecule has 0 fully saturated rings. The Bertz CT molecular complexity index is 1350. The van der Waals surface area contributed by atoms with Crippen LogP contribution in [0.3, 0.4) is 0 Å². The molecule has 0 spiro atoms. The molecule has 0 bridgehead atoms. The van der Waals surface area contributed by atoms with Gasteiger partial charge in [-0.3, -0.25) is 19.1 Å². The lowest BCUT2D eigenvalue weighted by atomic mass is 10.1. The van der Waals surface area contributed by atoms with Gasteiger partial charge in [-0.15, -0.1) is 0 Å². The van der Waals surface area contributed by atoms with Crippen molar-refractivity contribution in [1.82, 2.24) is 14.7 Å². The molecular formula is C24H22F2N4O3. The van der Waals surface area contributed by atoms with Gasteiger partial charge in [0.2, 0.25) is 5.91 Å². The Morgan fingerprint density at radius 2 is 1.94 bits per heavy atom. The van der Waals surface area contributed by atoms with Gasteiger partial charge in [-0.05, 0) is 41.8 Å². The second kappa shape index (κ2) is 8.85. The molecule has 0 unspecified atom stereocenters. The smallest absolute Gasteiger partial charge is 0.280 e. The molecule has 2 heterocycles. The van der Waals surface area contributed by atoms with Crippen molar-refractivity contribution in [1.29, 1.82) is 0 Å². The van der Waals surface area contributed by atoms with Gasteiger partial charge in [0.15, 0.2) is 11.6 Å². The normalized spacial score (nSPS) is 12.8. The van der Waals surface area contributed by atoms with E-state index >= 15 is 0 Å². The van der Waals surface area contributed by atoms with Crippen LogP contribution in [-0.4, -0.2) is 27.7 Å². The Kier molecular flexibility index (Phi) is 5.95. The van der Waals surface area contributed by atoms with Crippen LogP contribution in [0.4, 0.5) is 14.5 Å². The van der Waals surface area contributed by atoms with E-state index in [1.54, 1.807) is 20.0 Å². The topological polar surface area (TPSA) is 85.1 Å². The van der Waals surface area contributed by atoms with Gasteiger partial charge >= 0.3 is 0 Å². The highest BCUT2D eigenvalue weighted by Gasteiger charge is 2.21. The molecule has 9 heteroatoms. The zero-order chi connectivity index (χ0) is 23.7. The highest BCUT2D eigenvalue weighted by atomic mass is 19.2. The Balaban J connectivity index is 1.44. The second-order valence-corrected chi connectivity index (χ2v) is 7.85. The van der Waals surface area contributed by atoms with Crippen molar-refractivity contribution >= 4 is 23.6 Å². The van der Waals surface area contributed by atoms with Crippen LogP contribution in [0.1, 0.15) is 32.7 Å². The number of nitrogens with zero attached hydrogens (tertiary/aromatic N) is 2. The standard InChI is InChI=1S/C24H22F2N4O3/c1-14-22(24(33)30(29(14)2)13-16-6-8-18(25)19(26)10-16)23(32)27-9-3-4-15-5-7-17-12-21(31)28-20(17)11-15/h3-8,10-11H,9,12-13H2,1-2H3,(H,27,32)(H,28,31). The Labute approximate surface area is 188 Å². The summed E-state index contributed by atoms with van der Waals surface area (Å²) in [4.78, 5) is 37.0. The molecule has 0 atom stereocenters. The van der Waals surface area contributed by atoms with Crippen LogP contribution in [0.5, 0.6) is 0 Å². The number of benzene rings is 2. The van der Waals surface area contributed by atoms with Crippen molar-refractivity contribution in [2.24, 2.45) is 7.05 Å². The third-order valence-electron chi connectivity index (χ3n) is 5.65. The van der Waals surface area contributed by atoms with Gasteiger partial charge in [0.1, 0.15) is 5.56 Å². The van der Waals surface area contributed by atoms with Gasteiger partial charge in [-0.25, -0.2) is 13.5 Å². The van der Waals surface area contributed by atoms with Gasteiger partial charge in [-0.2, -0.15) is 0 Å². The lowest BCUT2D eigenvalue weighted by molar-refractivity contribution is -0.115. The molecule has 0 saturated carbocycles. The van der Waals surface area contributed by atoms with Gasteiger partial charge in [-0.1, -0.05) is 30.4 Å². The summed E-state index contributed by atoms with van der Waals surface area (Å²) in [6, 6.07) is 9.04. The van der Waals surface area contributed by atoms with Crippen molar-refractivity contribution < 1.29 is 18.4 Å². The number of hydrogen-bond donors (Lipinski definition) is 2. The largest absolute Gasteiger partial charge is 0.348 e. The highest BCUT2D eigenvalue weighted by Crippen LogP contribution is 2.24. The van der Waals surface area contributed by atoms with Crippen LogP contribution in [-0.2, 0) is 24.8 Å². The van der Waals surface area contributed by atoms with Crippen molar-refractivity contribution in [2.45, 2.75) is 19.9 Å². The number of halogens is 2. The number of amides is 2. The maximum absolute atomic E-state index is 13.5. The zero-order valence-corrected chi connectivity index (χ0v) is 18.1. The summed E-state index contributed by atoms with van der Waals surface area (Å²) in [5, 5.41) is 5.49. The summed E-state index contributed by atoms with van der Waals surface area (Å²) < 4.78 is 29.5. The number of anilines is 1. The van der Waals surface area contributed by atoms with Crippen molar-refractivity contribution in [3.05, 3.63) is 92.4 Å². The molecule has 2 aromatic carbocycles. The van der Waals surface area contributed by atoms with E-state index in [4.69, 9.17) is 0 Å². The van der Waals surface area contributed by atoms with E-state index in [1.165, 1.54) is 15.4 Å². The van der Waals surface area contributed by atoms with Crippen LogP contribution in [0, 0.1) is 18.6 Å². The molecule has 1 aromatic heterocycles. The first-order valence-corrected chi connectivity index (χ1v) is 10.3. The van der Waals surface area contributed by atoms with Crippen LogP contribution in [0.15, 0.2) is 47.3 Å². The fraction of sp³-hybridized carbons (Fsp3) is 0.208. The Morgan fingerprint density at radius 1 is 1.15 bits per heavy atom. The molecule has 4 rings (SSSR count). The van der Waals surface area contributed by atoms with E-state index < -0.39 is 23.1 Å². The summed E-state index contributed by atoms with van der Waals surface area (Å²) in [6.45, 7) is 1.83. The molecule has 2 N–H and O–H groups in total. The van der Waals surface area contributed by atoms with E-state index in [-0.39, 0.29) is 24.6 Å². The van der Waals surface area contributed by atoms with E-state index in [1.807, 2.05) is 24.3 Å². The SMILES string of the molecule is Cc1c(C(=O)NCC=Cc2ccc3c(c2)NC(=O)C3)c(=O)n(Cc2ccc(F)c(F)c2)n1C. The molecule has 7 nitrogen and oxygen atoms in total. The fourth-order valence-electron chi connectivity index (χ4n) is 3.78. The molecule has 3 aromatic rings. The highest BCUT2D eigenvalue weighted by molar-refractivity contribution is 5.99. The summed E-state index contributed by atoms with van der Waals surface area (Å²) in [5.41, 5.74) is 2.94. The summed E-state index contributed by atoms with van der Waals surface area (Å²) in [5.74, 6) is -2.52. The third kappa shape index (κ3) is 4.48. The van der Waals surface area contributed by atoms with Gasteiger partial charge in [0, 0.05) is 25.0 Å². The van der Waals surface area contributed by atoms with Crippen molar-refractivity contribution in [3.8, 4) is 0 Å². The van der Waals surface area contributed by atoms with E-state index in [0.717, 1.165) is 28.9 Å². The van der Waals surface area contributed by atoms with Crippen molar-refractivity contribution in [3.63, 3.8) is 0 Å². The first kappa shape index (κ1) is 22.2. The number of aromatic nitrogens is 2. The maximum atomic E-state index is 13.5. The number of hydrogen-bond acceptors (Lipinski definition) is 3. The number of carbonyl (C=O) groups is 2. The van der Waals surface area contributed by atoms with Crippen LogP contribution in [0.2, 0.25) is 0 Å². The average molecular weight is 452 g/mol. The first-order valence-electron chi connectivity index (χ1n) is 10.3. The van der Waals surface area contributed by atoms with E-state index in [9.17, 15) is 23.2 Å². The minimum absolute atomic E-state index is 0.00454. The molecule has 0 saturated heterocycles. The van der Waals surface area contributed by atoms with Crippen LogP contribution < -0.4 is 16.2 Å². The molecule has 1 aliphatic rings. The van der Waals surface area contributed by atoms with Crippen molar-refractivity contribution in [2.75, 3.05) is 11.9 Å². The summed E-state index contributed by atoms with van der Waals surface area (Å²) >= 11 is 0. The van der Waals surface area contributed by atoms with Gasteiger partial charge in [0.05, 0.1) is 13.0 Å². The number of nitrogens with one attached hydrogen (secondary N) is 2. The van der Waals surface area contributed by atoms with Gasteiger partial charge < -0.3 is 10.6 Å². The molecule has 1 aliphatic heterocycles. The molecule has 0 radical (unpaired) electrons. The Morgan fingerprint density at radius 3 is 2.70 bits per heavy atom. The van der Waals surface area contributed by atoms with E-state index in [0.29, 0.717) is 17.7 Å². The number of rotatable bonds is 6. The predicted molar refractivity (Wildman–Crippen MR) is 120 cm³/mol. The maximum Gasteiger partial charge on any atom is 0.280 e. The Hall–Kier alpha value is -4.01. The minimum atomic E-state index is -0.998. The average Bonchev–Trinajstić information content (AvgIpc) is 3.24. The molecule has 2 amide bonds. The first-order chi connectivity index (χ1) is 15.7. The molecule has 170 valence electrons. The number of fused-ring (bicyclic) bond motifs is 1. The predicted octanol–water partition coefficient (Wildman–Crippen LogP) is 2.76. The second-order valence-electron chi connectivity index (χ2n) is 7.85. The van der Waals surface area contributed by atoms with Gasteiger partial charge in [0.25, 0.3) is 11.5 Å². The molecular weight excluding hydrogens is 430 g/mol. The van der Waals surface area contributed by atoms with E-state index in [2.05, 4.69) is 10.6 Å². The zero-order valence-electron chi connectivity index (χ0n) is 18.1. The minimum Gasteiger partial charge on any atom is -0.348 e. The summed E-state index contributed by atoms with van der Waals surface area (Å²) in [6.07, 6.45) is 3.93. The number of carbonyl (C=O) groups excluding carboxylic acids is 2. The quantitative estimate of drug-likeness (QED) is 0.603. The van der Waals surface area contributed by atoms with Crippen LogP contribution >= 0.6 is 0 Å². The molecule has 33 heavy (non-hydrogen) atoms. The summed E-state index contributed by atoms with van der Waals surface area (Å²) in [7, 11) is 1.62. The lowest BCUT2D eigenvalue weighted by Crippen LogP contribution is -2.31. The molecule has 0 aliphatic carbocycles. The monoisotopic (exact) mass is 452 g/mol. The lowest BCUT2D eigenvalue weighted by Gasteiger charge is -2.08.